The molecule has 114 valence electrons. The molecule has 3 N–H and O–H groups in total. The second kappa shape index (κ2) is 5.40. The van der Waals surface area contributed by atoms with Gasteiger partial charge in [-0.3, -0.25) is 0 Å². The number of H-pyrrole nitrogens is 1. The van der Waals surface area contributed by atoms with Crippen LogP contribution in [-0.4, -0.2) is 38.9 Å². The summed E-state index contributed by atoms with van der Waals surface area (Å²) in [6.45, 7) is 1.87. The zero-order valence-corrected chi connectivity index (χ0v) is 13.6. The average Bonchev–Trinajstić information content (AvgIpc) is 3.15. The minimum Gasteiger partial charge on any atom is -0.368 e. The number of nitrogens with one attached hydrogen (secondary N) is 1. The Balaban J connectivity index is 1.92. The zero-order chi connectivity index (χ0) is 15.1. The Morgan fingerprint density at radius 3 is 3.09 bits per heavy atom. The molecule has 3 aromatic rings. The quantitative estimate of drug-likeness (QED) is 0.735. The highest BCUT2D eigenvalue weighted by Crippen LogP contribution is 2.37. The van der Waals surface area contributed by atoms with Crippen LogP contribution in [0.1, 0.15) is 12.8 Å². The second-order valence-corrected chi connectivity index (χ2v) is 6.51. The molecule has 1 atom stereocenters. The van der Waals surface area contributed by atoms with E-state index in [1.54, 1.807) is 6.20 Å². The van der Waals surface area contributed by atoms with E-state index in [0.717, 1.165) is 52.8 Å². The SMILES string of the molecule is N[C@@H]1CCCN(c2c(Br)cnc3[nH]cc(-n4cccn4)c23)C1. The third-order valence-electron chi connectivity index (χ3n) is 4.13. The highest BCUT2D eigenvalue weighted by atomic mass is 79.9. The van der Waals surface area contributed by atoms with Crippen LogP contribution < -0.4 is 10.6 Å². The molecule has 4 rings (SSSR count). The van der Waals surface area contributed by atoms with Crippen molar-refractivity contribution in [2.45, 2.75) is 18.9 Å². The summed E-state index contributed by atoms with van der Waals surface area (Å²) in [4.78, 5) is 10.1. The maximum atomic E-state index is 6.17. The third kappa shape index (κ3) is 2.21. The van der Waals surface area contributed by atoms with E-state index in [0.29, 0.717) is 0 Å². The summed E-state index contributed by atoms with van der Waals surface area (Å²) in [6, 6.07) is 2.14. The molecule has 4 heterocycles. The van der Waals surface area contributed by atoms with Crippen LogP contribution in [0, 0.1) is 0 Å². The van der Waals surface area contributed by atoms with Crippen molar-refractivity contribution in [1.82, 2.24) is 19.7 Å². The number of hydrogen-bond donors (Lipinski definition) is 2. The number of aromatic nitrogens is 4. The number of hydrogen-bond acceptors (Lipinski definition) is 4. The van der Waals surface area contributed by atoms with Crippen LogP contribution in [0.2, 0.25) is 0 Å². The number of pyridine rings is 1. The van der Waals surface area contributed by atoms with Gasteiger partial charge in [-0.25, -0.2) is 9.67 Å². The minimum absolute atomic E-state index is 0.218. The topological polar surface area (TPSA) is 75.8 Å². The summed E-state index contributed by atoms with van der Waals surface area (Å²) >= 11 is 3.67. The van der Waals surface area contributed by atoms with Gasteiger partial charge in [0.05, 0.1) is 21.2 Å². The van der Waals surface area contributed by atoms with Gasteiger partial charge in [0.2, 0.25) is 0 Å². The molecule has 1 fully saturated rings. The number of rotatable bonds is 2. The smallest absolute Gasteiger partial charge is 0.141 e. The minimum atomic E-state index is 0.218. The van der Waals surface area contributed by atoms with E-state index < -0.39 is 0 Å². The number of fused-ring (bicyclic) bond motifs is 1. The lowest BCUT2D eigenvalue weighted by Crippen LogP contribution is -2.43. The molecule has 0 spiro atoms. The number of aromatic amines is 1. The first-order valence-corrected chi connectivity index (χ1v) is 8.19. The predicted molar refractivity (Wildman–Crippen MR) is 90.3 cm³/mol. The van der Waals surface area contributed by atoms with Gasteiger partial charge >= 0.3 is 0 Å². The van der Waals surface area contributed by atoms with Gasteiger partial charge in [0.25, 0.3) is 0 Å². The number of nitrogens with zero attached hydrogens (tertiary/aromatic N) is 4. The van der Waals surface area contributed by atoms with Gasteiger partial charge in [-0.15, -0.1) is 0 Å². The van der Waals surface area contributed by atoms with Crippen LogP contribution in [0.25, 0.3) is 16.7 Å². The Bertz CT molecular complexity index is 794. The molecular weight excluding hydrogens is 344 g/mol. The van der Waals surface area contributed by atoms with Crippen LogP contribution >= 0.6 is 15.9 Å². The standard InChI is InChI=1S/C15H17BrN6/c16-11-7-18-15-13(12(8-19-15)22-6-2-4-20-22)14(11)21-5-1-3-10(17)9-21/h2,4,6-8,10H,1,3,5,9,17H2,(H,18,19)/t10-/m1/s1. The van der Waals surface area contributed by atoms with Gasteiger partial charge in [-0.1, -0.05) is 0 Å². The van der Waals surface area contributed by atoms with E-state index in [-0.39, 0.29) is 6.04 Å². The summed E-state index contributed by atoms with van der Waals surface area (Å²) in [5.74, 6) is 0. The monoisotopic (exact) mass is 360 g/mol. The summed E-state index contributed by atoms with van der Waals surface area (Å²) in [5.41, 5.74) is 9.18. The van der Waals surface area contributed by atoms with Gasteiger partial charge in [0.15, 0.2) is 0 Å². The van der Waals surface area contributed by atoms with Crippen LogP contribution in [0.15, 0.2) is 35.3 Å². The number of halogens is 1. The van der Waals surface area contributed by atoms with Crippen molar-refractivity contribution in [3.63, 3.8) is 0 Å². The van der Waals surface area contributed by atoms with Crippen LogP contribution in [0.4, 0.5) is 5.69 Å². The lowest BCUT2D eigenvalue weighted by molar-refractivity contribution is 0.506. The third-order valence-corrected chi connectivity index (χ3v) is 4.71. The first kappa shape index (κ1) is 13.8. The molecule has 22 heavy (non-hydrogen) atoms. The Hall–Kier alpha value is -1.86. The van der Waals surface area contributed by atoms with Crippen LogP contribution in [0.5, 0.6) is 0 Å². The molecule has 0 bridgehead atoms. The Morgan fingerprint density at radius 2 is 2.32 bits per heavy atom. The van der Waals surface area contributed by atoms with Gasteiger partial charge in [0, 0.05) is 43.9 Å². The summed E-state index contributed by atoms with van der Waals surface area (Å²) < 4.78 is 2.85. The fraction of sp³-hybridized carbons (Fsp3) is 0.333. The van der Waals surface area contributed by atoms with Crippen molar-refractivity contribution in [2.24, 2.45) is 5.73 Å². The van der Waals surface area contributed by atoms with Gasteiger partial charge in [0.1, 0.15) is 5.65 Å². The number of piperidine rings is 1. The fourth-order valence-corrected chi connectivity index (χ4v) is 3.71. The molecule has 0 saturated carbocycles. The molecule has 1 aliphatic heterocycles. The van der Waals surface area contributed by atoms with Crippen LogP contribution in [-0.2, 0) is 0 Å². The number of nitrogens with two attached hydrogens (primary N) is 1. The average molecular weight is 361 g/mol. The lowest BCUT2D eigenvalue weighted by Gasteiger charge is -2.33. The first-order valence-electron chi connectivity index (χ1n) is 7.40. The maximum absolute atomic E-state index is 6.17. The highest BCUT2D eigenvalue weighted by Gasteiger charge is 2.23. The molecule has 0 amide bonds. The van der Waals surface area contributed by atoms with Gasteiger partial charge < -0.3 is 15.6 Å². The lowest BCUT2D eigenvalue weighted by atomic mass is 10.1. The summed E-state index contributed by atoms with van der Waals surface area (Å²) in [6.07, 6.45) is 9.71. The van der Waals surface area contributed by atoms with E-state index in [2.05, 4.69) is 35.9 Å². The van der Waals surface area contributed by atoms with Crippen LogP contribution in [0.3, 0.4) is 0 Å². The molecule has 0 radical (unpaired) electrons. The Labute approximate surface area is 136 Å². The van der Waals surface area contributed by atoms with Crippen molar-refractivity contribution in [3.8, 4) is 5.69 Å². The zero-order valence-electron chi connectivity index (χ0n) is 12.0. The summed E-state index contributed by atoms with van der Waals surface area (Å²) in [5, 5.41) is 5.43. The van der Waals surface area contributed by atoms with E-state index in [1.807, 2.05) is 29.3 Å². The largest absolute Gasteiger partial charge is 0.368 e. The normalized spacial score (nSPS) is 19.0. The molecule has 1 aliphatic rings. The molecule has 1 saturated heterocycles. The molecule has 0 unspecified atom stereocenters. The van der Waals surface area contributed by atoms with E-state index >= 15 is 0 Å². The van der Waals surface area contributed by atoms with E-state index in [9.17, 15) is 0 Å². The van der Waals surface area contributed by atoms with Crippen molar-refractivity contribution in [2.75, 3.05) is 18.0 Å². The molecule has 6 nitrogen and oxygen atoms in total. The highest BCUT2D eigenvalue weighted by molar-refractivity contribution is 9.10. The molecule has 7 heteroatoms. The molecule has 0 aliphatic carbocycles. The Kier molecular flexibility index (Phi) is 3.38. The molecular formula is C15H17BrN6. The summed E-state index contributed by atoms with van der Waals surface area (Å²) in [7, 11) is 0. The maximum Gasteiger partial charge on any atom is 0.141 e. The van der Waals surface area contributed by atoms with E-state index in [1.165, 1.54) is 0 Å². The van der Waals surface area contributed by atoms with Crippen molar-refractivity contribution in [3.05, 3.63) is 35.3 Å². The predicted octanol–water partition coefficient (Wildman–Crippen LogP) is 2.44. The number of anilines is 1. The Morgan fingerprint density at radius 1 is 1.41 bits per heavy atom. The van der Waals surface area contributed by atoms with Crippen molar-refractivity contribution in [1.29, 1.82) is 0 Å². The van der Waals surface area contributed by atoms with Crippen molar-refractivity contribution < 1.29 is 0 Å². The molecule has 0 aromatic carbocycles. The van der Waals surface area contributed by atoms with Crippen molar-refractivity contribution >= 4 is 32.7 Å². The fourth-order valence-electron chi connectivity index (χ4n) is 3.15. The molecule has 3 aromatic heterocycles. The van der Waals surface area contributed by atoms with E-state index in [4.69, 9.17) is 5.73 Å². The van der Waals surface area contributed by atoms with Gasteiger partial charge in [-0.2, -0.15) is 5.10 Å². The van der Waals surface area contributed by atoms with Gasteiger partial charge in [-0.05, 0) is 34.8 Å². The first-order chi connectivity index (χ1) is 10.7. The second-order valence-electron chi connectivity index (χ2n) is 5.65.